The van der Waals surface area contributed by atoms with Crippen molar-refractivity contribution in [2.75, 3.05) is 31.1 Å². The van der Waals surface area contributed by atoms with E-state index in [0.29, 0.717) is 5.02 Å². The van der Waals surface area contributed by atoms with Gasteiger partial charge in [-0.15, -0.1) is 0 Å². The van der Waals surface area contributed by atoms with E-state index in [-0.39, 0.29) is 12.5 Å². The maximum absolute atomic E-state index is 11.3. The molecule has 0 radical (unpaired) electrons. The van der Waals surface area contributed by atoms with Gasteiger partial charge in [-0.25, -0.2) is 0 Å². The quantitative estimate of drug-likeness (QED) is 0.884. The average molecular weight is 269 g/mol. The van der Waals surface area contributed by atoms with Gasteiger partial charge in [0.1, 0.15) is 0 Å². The van der Waals surface area contributed by atoms with Crippen molar-refractivity contribution in [2.24, 2.45) is 0 Å². The van der Waals surface area contributed by atoms with E-state index < -0.39 is 0 Å². The molecular weight excluding hydrogens is 252 g/mol. The highest BCUT2D eigenvalue weighted by atomic mass is 35.5. The Morgan fingerprint density at radius 3 is 2.56 bits per heavy atom. The van der Waals surface area contributed by atoms with E-state index in [1.807, 2.05) is 17.0 Å². The van der Waals surface area contributed by atoms with E-state index in [1.165, 1.54) is 0 Å². The summed E-state index contributed by atoms with van der Waals surface area (Å²) in [7, 11) is 0. The monoisotopic (exact) mass is 268 g/mol. The van der Waals surface area contributed by atoms with Crippen molar-refractivity contribution >= 4 is 23.2 Å². The number of anilines is 1. The predicted octanol–water partition coefficient (Wildman–Crippen LogP) is 1.50. The van der Waals surface area contributed by atoms with E-state index in [1.54, 1.807) is 13.0 Å². The van der Waals surface area contributed by atoms with Crippen molar-refractivity contribution < 1.29 is 9.90 Å². The third kappa shape index (κ3) is 2.76. The van der Waals surface area contributed by atoms with Gasteiger partial charge >= 0.3 is 0 Å². The van der Waals surface area contributed by atoms with Gasteiger partial charge in [-0.2, -0.15) is 0 Å². The van der Waals surface area contributed by atoms with Crippen molar-refractivity contribution in [1.82, 2.24) is 4.90 Å². The first-order chi connectivity index (χ1) is 8.61. The normalized spacial score (nSPS) is 15.9. The third-order valence-electron chi connectivity index (χ3n) is 3.28. The van der Waals surface area contributed by atoms with Crippen molar-refractivity contribution in [3.63, 3.8) is 0 Å². The average Bonchev–Trinajstić information content (AvgIpc) is 2.38. The van der Waals surface area contributed by atoms with Crippen LogP contribution < -0.4 is 4.90 Å². The Balaban J connectivity index is 2.12. The number of nitrogens with zero attached hydrogens (tertiary/aromatic N) is 2. The van der Waals surface area contributed by atoms with Crippen LogP contribution in [0.4, 0.5) is 5.69 Å². The van der Waals surface area contributed by atoms with Gasteiger partial charge in [0.05, 0.1) is 6.61 Å². The van der Waals surface area contributed by atoms with Crippen molar-refractivity contribution in [1.29, 1.82) is 0 Å². The highest BCUT2D eigenvalue weighted by Crippen LogP contribution is 2.25. The molecule has 1 aliphatic heterocycles. The first-order valence-corrected chi connectivity index (χ1v) is 6.39. The SMILES string of the molecule is CC(=O)N1CCN(c2ccc(Cl)cc2CO)CC1. The lowest BCUT2D eigenvalue weighted by molar-refractivity contribution is -0.129. The molecule has 0 atom stereocenters. The second-order valence-corrected chi connectivity index (χ2v) is 4.86. The summed E-state index contributed by atoms with van der Waals surface area (Å²) in [6.45, 7) is 4.59. The molecule has 4 nitrogen and oxygen atoms in total. The molecule has 1 saturated heterocycles. The van der Waals surface area contributed by atoms with Gasteiger partial charge in [0.2, 0.25) is 5.91 Å². The predicted molar refractivity (Wildman–Crippen MR) is 71.8 cm³/mol. The zero-order valence-electron chi connectivity index (χ0n) is 10.4. The molecule has 1 heterocycles. The van der Waals surface area contributed by atoms with Crippen molar-refractivity contribution in [3.8, 4) is 0 Å². The molecule has 0 spiro atoms. The highest BCUT2D eigenvalue weighted by Gasteiger charge is 2.20. The Labute approximate surface area is 112 Å². The second kappa shape index (κ2) is 5.59. The fourth-order valence-electron chi connectivity index (χ4n) is 2.25. The molecule has 0 aromatic heterocycles. The zero-order valence-corrected chi connectivity index (χ0v) is 11.2. The summed E-state index contributed by atoms with van der Waals surface area (Å²) in [6, 6.07) is 5.54. The number of carbonyl (C=O) groups is 1. The number of amides is 1. The molecule has 0 aliphatic carbocycles. The van der Waals surface area contributed by atoms with Crippen LogP contribution in [0.25, 0.3) is 0 Å². The Bertz CT molecular complexity index is 443. The molecule has 1 fully saturated rings. The van der Waals surface area contributed by atoms with Crippen LogP contribution in [0, 0.1) is 0 Å². The van der Waals surface area contributed by atoms with Crippen LogP contribution in [0.2, 0.25) is 5.02 Å². The number of aliphatic hydroxyl groups excluding tert-OH is 1. The summed E-state index contributed by atoms with van der Waals surface area (Å²) in [5, 5.41) is 9.99. The van der Waals surface area contributed by atoms with Crippen LogP contribution in [-0.2, 0) is 11.4 Å². The van der Waals surface area contributed by atoms with Gasteiger partial charge < -0.3 is 14.9 Å². The summed E-state index contributed by atoms with van der Waals surface area (Å²) in [5.41, 5.74) is 1.84. The smallest absolute Gasteiger partial charge is 0.219 e. The molecule has 0 unspecified atom stereocenters. The molecule has 0 saturated carbocycles. The lowest BCUT2D eigenvalue weighted by Crippen LogP contribution is -2.48. The number of aliphatic hydroxyl groups is 1. The lowest BCUT2D eigenvalue weighted by atomic mass is 10.1. The standard InChI is InChI=1S/C13H17ClN2O2/c1-10(18)15-4-6-16(7-5-15)13-3-2-12(14)8-11(13)9-17/h2-3,8,17H,4-7,9H2,1H3. The number of hydrogen-bond donors (Lipinski definition) is 1. The number of hydrogen-bond acceptors (Lipinski definition) is 3. The minimum atomic E-state index is -0.0250. The maximum Gasteiger partial charge on any atom is 0.219 e. The highest BCUT2D eigenvalue weighted by molar-refractivity contribution is 6.30. The fourth-order valence-corrected chi connectivity index (χ4v) is 2.45. The van der Waals surface area contributed by atoms with Crippen LogP contribution in [0.15, 0.2) is 18.2 Å². The van der Waals surface area contributed by atoms with Crippen molar-refractivity contribution in [3.05, 3.63) is 28.8 Å². The molecule has 1 aliphatic rings. The van der Waals surface area contributed by atoms with Crippen LogP contribution in [0.5, 0.6) is 0 Å². The summed E-state index contributed by atoms with van der Waals surface area (Å²) < 4.78 is 0. The van der Waals surface area contributed by atoms with Crippen LogP contribution in [0.1, 0.15) is 12.5 Å². The van der Waals surface area contributed by atoms with Gasteiger partial charge in [0.25, 0.3) is 0 Å². The van der Waals surface area contributed by atoms with E-state index in [0.717, 1.165) is 37.4 Å². The Morgan fingerprint density at radius 2 is 2.00 bits per heavy atom. The molecule has 1 aromatic rings. The Hall–Kier alpha value is -1.26. The van der Waals surface area contributed by atoms with Gasteiger partial charge in [0.15, 0.2) is 0 Å². The van der Waals surface area contributed by atoms with Gasteiger partial charge in [0, 0.05) is 49.4 Å². The summed E-state index contributed by atoms with van der Waals surface area (Å²) in [6.07, 6.45) is 0. The summed E-state index contributed by atoms with van der Waals surface area (Å²) in [4.78, 5) is 15.3. The minimum absolute atomic E-state index is 0.0250. The summed E-state index contributed by atoms with van der Waals surface area (Å²) in [5.74, 6) is 0.119. The number of benzene rings is 1. The first kappa shape index (κ1) is 13.2. The topological polar surface area (TPSA) is 43.8 Å². The van der Waals surface area contributed by atoms with Gasteiger partial charge in [-0.3, -0.25) is 4.79 Å². The van der Waals surface area contributed by atoms with Gasteiger partial charge in [-0.1, -0.05) is 11.6 Å². The van der Waals surface area contributed by atoms with E-state index in [9.17, 15) is 9.90 Å². The number of halogens is 1. The number of carbonyl (C=O) groups excluding carboxylic acids is 1. The van der Waals surface area contributed by atoms with Crippen LogP contribution in [0.3, 0.4) is 0 Å². The van der Waals surface area contributed by atoms with Crippen LogP contribution >= 0.6 is 11.6 Å². The fraction of sp³-hybridized carbons (Fsp3) is 0.462. The van der Waals surface area contributed by atoms with E-state index >= 15 is 0 Å². The van der Waals surface area contributed by atoms with E-state index in [4.69, 9.17) is 11.6 Å². The molecular formula is C13H17ClN2O2. The van der Waals surface area contributed by atoms with Crippen LogP contribution in [-0.4, -0.2) is 42.1 Å². The second-order valence-electron chi connectivity index (χ2n) is 4.42. The van der Waals surface area contributed by atoms with Crippen molar-refractivity contribution in [2.45, 2.75) is 13.5 Å². The molecule has 0 bridgehead atoms. The largest absolute Gasteiger partial charge is 0.392 e. The summed E-state index contributed by atoms with van der Waals surface area (Å²) >= 11 is 5.92. The molecule has 5 heteroatoms. The third-order valence-corrected chi connectivity index (χ3v) is 3.51. The molecule has 18 heavy (non-hydrogen) atoms. The minimum Gasteiger partial charge on any atom is -0.392 e. The Kier molecular flexibility index (Phi) is 4.09. The van der Waals surface area contributed by atoms with Gasteiger partial charge in [-0.05, 0) is 18.2 Å². The molecule has 1 N–H and O–H groups in total. The Morgan fingerprint density at radius 1 is 1.33 bits per heavy atom. The molecule has 1 aromatic carbocycles. The number of piperazine rings is 1. The molecule has 98 valence electrons. The molecule has 2 rings (SSSR count). The first-order valence-electron chi connectivity index (χ1n) is 6.01. The molecule has 1 amide bonds. The van der Waals surface area contributed by atoms with E-state index in [2.05, 4.69) is 4.90 Å². The zero-order chi connectivity index (χ0) is 13.1. The number of rotatable bonds is 2. The maximum atomic E-state index is 11.3. The lowest BCUT2D eigenvalue weighted by Gasteiger charge is -2.36.